The Morgan fingerprint density at radius 1 is 1.29 bits per heavy atom. The molecule has 0 amide bonds. The fourth-order valence-corrected chi connectivity index (χ4v) is 4.99. The van der Waals surface area contributed by atoms with Crippen LogP contribution in [0.1, 0.15) is 12.8 Å². The van der Waals surface area contributed by atoms with Gasteiger partial charge in [-0.2, -0.15) is 4.31 Å². The molecule has 0 bridgehead atoms. The van der Waals surface area contributed by atoms with Crippen LogP contribution >= 0.6 is 31.9 Å². The van der Waals surface area contributed by atoms with E-state index in [4.69, 9.17) is 0 Å². The fraction of sp³-hybridized carbons (Fsp3) is 0.455. The van der Waals surface area contributed by atoms with Gasteiger partial charge in [0.1, 0.15) is 0 Å². The van der Waals surface area contributed by atoms with Crippen LogP contribution in [0.5, 0.6) is 0 Å². The predicted octanol–water partition coefficient (Wildman–Crippen LogP) is 3.00. The van der Waals surface area contributed by atoms with E-state index in [1.165, 1.54) is 0 Å². The van der Waals surface area contributed by atoms with Gasteiger partial charge in [-0.1, -0.05) is 28.1 Å². The lowest BCUT2D eigenvalue weighted by Crippen LogP contribution is -2.34. The van der Waals surface area contributed by atoms with Crippen molar-refractivity contribution in [1.82, 2.24) is 4.31 Å². The van der Waals surface area contributed by atoms with Gasteiger partial charge >= 0.3 is 0 Å². The number of alkyl halides is 1. The van der Waals surface area contributed by atoms with E-state index in [9.17, 15) is 8.42 Å². The van der Waals surface area contributed by atoms with Crippen molar-refractivity contribution in [3.63, 3.8) is 0 Å². The second-order valence-electron chi connectivity index (χ2n) is 3.97. The molecule has 94 valence electrons. The molecule has 1 saturated carbocycles. The molecule has 1 aromatic rings. The van der Waals surface area contributed by atoms with Gasteiger partial charge in [0.15, 0.2) is 0 Å². The number of hydrogen-bond donors (Lipinski definition) is 0. The summed E-state index contributed by atoms with van der Waals surface area (Å²) in [5.74, 6) is 0. The zero-order valence-electron chi connectivity index (χ0n) is 9.14. The third-order valence-corrected chi connectivity index (χ3v) is 6.00. The van der Waals surface area contributed by atoms with Crippen LogP contribution in [0.3, 0.4) is 0 Å². The van der Waals surface area contributed by atoms with Crippen LogP contribution in [-0.4, -0.2) is 30.6 Å². The van der Waals surface area contributed by atoms with E-state index >= 15 is 0 Å². The first-order chi connectivity index (χ1) is 8.07. The maximum absolute atomic E-state index is 12.5. The fourth-order valence-electron chi connectivity index (χ4n) is 1.73. The van der Waals surface area contributed by atoms with Gasteiger partial charge in [0.05, 0.1) is 4.90 Å². The minimum absolute atomic E-state index is 0.185. The highest BCUT2D eigenvalue weighted by atomic mass is 79.9. The van der Waals surface area contributed by atoms with Crippen LogP contribution in [0.4, 0.5) is 0 Å². The summed E-state index contributed by atoms with van der Waals surface area (Å²) in [4.78, 5) is 0.354. The molecule has 0 aliphatic heterocycles. The maximum Gasteiger partial charge on any atom is 0.244 e. The van der Waals surface area contributed by atoms with Crippen molar-refractivity contribution in [1.29, 1.82) is 0 Å². The number of rotatable bonds is 5. The first kappa shape index (κ1) is 13.5. The zero-order valence-corrected chi connectivity index (χ0v) is 13.1. The van der Waals surface area contributed by atoms with Crippen molar-refractivity contribution >= 4 is 41.9 Å². The highest BCUT2D eigenvalue weighted by molar-refractivity contribution is 9.10. The third kappa shape index (κ3) is 2.92. The van der Waals surface area contributed by atoms with E-state index in [1.54, 1.807) is 22.5 Å². The van der Waals surface area contributed by atoms with Crippen molar-refractivity contribution in [2.24, 2.45) is 0 Å². The lowest BCUT2D eigenvalue weighted by atomic mass is 10.4. The standard InChI is InChI=1S/C11H13Br2NO2S/c12-7-8-14(9-5-6-9)17(15,16)11-4-2-1-3-10(11)13/h1-4,9H,5-8H2. The average Bonchev–Trinajstić information content (AvgIpc) is 3.10. The Kier molecular flexibility index (Phi) is 4.28. The number of hydrogen-bond acceptors (Lipinski definition) is 2. The minimum Gasteiger partial charge on any atom is -0.207 e. The molecule has 0 N–H and O–H groups in total. The highest BCUT2D eigenvalue weighted by Crippen LogP contribution is 2.34. The Hall–Kier alpha value is 0.0900. The number of sulfonamides is 1. The third-order valence-electron chi connectivity index (χ3n) is 2.68. The molecule has 0 radical (unpaired) electrons. The van der Waals surface area contributed by atoms with Gasteiger partial charge in [0.2, 0.25) is 10.0 Å². The average molecular weight is 383 g/mol. The molecule has 2 rings (SSSR count). The second kappa shape index (κ2) is 5.38. The lowest BCUT2D eigenvalue weighted by Gasteiger charge is -2.21. The smallest absolute Gasteiger partial charge is 0.207 e. The molecule has 0 saturated heterocycles. The van der Waals surface area contributed by atoms with Crippen molar-refractivity contribution in [3.05, 3.63) is 28.7 Å². The SMILES string of the molecule is O=S(=O)(c1ccccc1Br)N(CCBr)C1CC1. The van der Waals surface area contributed by atoms with Crippen molar-refractivity contribution in [2.75, 3.05) is 11.9 Å². The molecule has 0 aromatic heterocycles. The second-order valence-corrected chi connectivity index (χ2v) is 7.47. The molecule has 0 heterocycles. The normalized spacial score (nSPS) is 16.4. The monoisotopic (exact) mass is 381 g/mol. The number of nitrogens with zero attached hydrogens (tertiary/aromatic N) is 1. The van der Waals surface area contributed by atoms with E-state index in [0.717, 1.165) is 12.8 Å². The summed E-state index contributed by atoms with van der Waals surface area (Å²) < 4.78 is 27.2. The van der Waals surface area contributed by atoms with Gasteiger partial charge in [-0.25, -0.2) is 8.42 Å². The quantitative estimate of drug-likeness (QED) is 0.734. The van der Waals surface area contributed by atoms with Crippen LogP contribution in [0.15, 0.2) is 33.6 Å². The zero-order chi connectivity index (χ0) is 12.5. The summed E-state index contributed by atoms with van der Waals surface area (Å²) in [6.07, 6.45) is 1.94. The van der Waals surface area contributed by atoms with Crippen molar-refractivity contribution < 1.29 is 8.42 Å². The predicted molar refractivity (Wildman–Crippen MR) is 74.8 cm³/mol. The summed E-state index contributed by atoms with van der Waals surface area (Å²) in [5, 5.41) is 0.660. The molecular formula is C11H13Br2NO2S. The summed E-state index contributed by atoms with van der Waals surface area (Å²) in [7, 11) is -3.37. The molecule has 17 heavy (non-hydrogen) atoms. The maximum atomic E-state index is 12.5. The van der Waals surface area contributed by atoms with Gasteiger partial charge in [-0.05, 0) is 40.9 Å². The first-order valence-electron chi connectivity index (χ1n) is 5.39. The summed E-state index contributed by atoms with van der Waals surface area (Å²) in [6.45, 7) is 0.522. The number of benzene rings is 1. The molecule has 1 fully saturated rings. The van der Waals surface area contributed by atoms with Crippen molar-refractivity contribution in [3.8, 4) is 0 Å². The van der Waals surface area contributed by atoms with Crippen LogP contribution < -0.4 is 0 Å². The Morgan fingerprint density at radius 2 is 1.94 bits per heavy atom. The number of halogens is 2. The molecule has 3 nitrogen and oxygen atoms in total. The van der Waals surface area contributed by atoms with Gasteiger partial charge in [-0.3, -0.25) is 0 Å². The van der Waals surface area contributed by atoms with E-state index in [1.807, 2.05) is 6.07 Å². The van der Waals surface area contributed by atoms with Crippen LogP contribution in [0.2, 0.25) is 0 Å². The van der Waals surface area contributed by atoms with E-state index in [0.29, 0.717) is 21.2 Å². The summed E-state index contributed by atoms with van der Waals surface area (Å²) in [5.41, 5.74) is 0. The Morgan fingerprint density at radius 3 is 2.47 bits per heavy atom. The van der Waals surface area contributed by atoms with Crippen LogP contribution in [0.25, 0.3) is 0 Å². The van der Waals surface area contributed by atoms with Crippen LogP contribution in [-0.2, 0) is 10.0 Å². The van der Waals surface area contributed by atoms with Gasteiger partial charge in [-0.15, -0.1) is 0 Å². The topological polar surface area (TPSA) is 37.4 Å². The van der Waals surface area contributed by atoms with E-state index < -0.39 is 10.0 Å². The molecule has 0 atom stereocenters. The first-order valence-corrected chi connectivity index (χ1v) is 8.75. The van der Waals surface area contributed by atoms with Gasteiger partial charge in [0, 0.05) is 22.4 Å². The highest BCUT2D eigenvalue weighted by Gasteiger charge is 2.38. The van der Waals surface area contributed by atoms with E-state index in [2.05, 4.69) is 31.9 Å². The molecule has 1 aliphatic carbocycles. The van der Waals surface area contributed by atoms with E-state index in [-0.39, 0.29) is 6.04 Å². The molecule has 1 aliphatic rings. The molecule has 0 unspecified atom stereocenters. The molecule has 6 heteroatoms. The minimum atomic E-state index is -3.37. The molecule has 0 spiro atoms. The Bertz CT molecular complexity index is 500. The summed E-state index contributed by atoms with van der Waals surface area (Å²) >= 11 is 6.62. The van der Waals surface area contributed by atoms with Gasteiger partial charge in [0.25, 0.3) is 0 Å². The molecular weight excluding hydrogens is 370 g/mol. The lowest BCUT2D eigenvalue weighted by molar-refractivity contribution is 0.424. The Labute approximate surface area is 119 Å². The Balaban J connectivity index is 2.37. The summed E-state index contributed by atoms with van der Waals surface area (Å²) in [6, 6.07) is 7.14. The van der Waals surface area contributed by atoms with Crippen LogP contribution in [0, 0.1) is 0 Å². The van der Waals surface area contributed by atoms with Gasteiger partial charge < -0.3 is 0 Å². The van der Waals surface area contributed by atoms with Crippen molar-refractivity contribution in [2.45, 2.75) is 23.8 Å². The largest absolute Gasteiger partial charge is 0.244 e. The molecule has 1 aromatic carbocycles.